The second kappa shape index (κ2) is 8.29. The van der Waals surface area contributed by atoms with Gasteiger partial charge in [-0.1, -0.05) is 26.0 Å². The van der Waals surface area contributed by atoms with Crippen LogP contribution in [0.15, 0.2) is 47.4 Å². The molecule has 0 fully saturated rings. The summed E-state index contributed by atoms with van der Waals surface area (Å²) in [7, 11) is -3.71. The molecular formula is C18H21FN2O4S. The molecule has 0 aliphatic rings. The molecule has 0 atom stereocenters. The van der Waals surface area contributed by atoms with Crippen molar-refractivity contribution < 1.29 is 22.7 Å². The summed E-state index contributed by atoms with van der Waals surface area (Å²) in [5, 5.41) is 12.4. The molecular weight excluding hydrogens is 359 g/mol. The Labute approximate surface area is 152 Å². The number of carbonyl (C=O) groups excluding carboxylic acids is 1. The van der Waals surface area contributed by atoms with E-state index in [1.54, 1.807) is 13.8 Å². The molecule has 0 spiro atoms. The summed E-state index contributed by atoms with van der Waals surface area (Å²) in [4.78, 5) is 12.1. The molecule has 0 bridgehead atoms. The number of nitrogens with zero attached hydrogens (tertiary/aromatic N) is 1. The SMILES string of the molecule is CCN(CC)S(=O)(=O)c1ccc(O)c(NC(=O)Cc2ccc(F)cc2)c1. The van der Waals surface area contributed by atoms with Crippen LogP contribution < -0.4 is 5.32 Å². The van der Waals surface area contributed by atoms with Gasteiger partial charge in [-0.05, 0) is 35.9 Å². The van der Waals surface area contributed by atoms with Crippen LogP contribution in [0.25, 0.3) is 0 Å². The van der Waals surface area contributed by atoms with Crippen molar-refractivity contribution in [2.24, 2.45) is 0 Å². The van der Waals surface area contributed by atoms with E-state index >= 15 is 0 Å². The minimum Gasteiger partial charge on any atom is -0.506 e. The van der Waals surface area contributed by atoms with Crippen molar-refractivity contribution in [3.8, 4) is 5.75 Å². The van der Waals surface area contributed by atoms with Gasteiger partial charge in [0.25, 0.3) is 0 Å². The van der Waals surface area contributed by atoms with Crippen molar-refractivity contribution >= 4 is 21.6 Å². The van der Waals surface area contributed by atoms with Gasteiger partial charge in [-0.2, -0.15) is 4.31 Å². The Balaban J connectivity index is 2.21. The molecule has 0 aliphatic heterocycles. The molecule has 0 heterocycles. The lowest BCUT2D eigenvalue weighted by atomic mass is 10.1. The van der Waals surface area contributed by atoms with Crippen molar-refractivity contribution in [3.63, 3.8) is 0 Å². The van der Waals surface area contributed by atoms with Crippen molar-refractivity contribution in [1.29, 1.82) is 0 Å². The van der Waals surface area contributed by atoms with E-state index in [9.17, 15) is 22.7 Å². The van der Waals surface area contributed by atoms with E-state index in [1.807, 2.05) is 0 Å². The van der Waals surface area contributed by atoms with Gasteiger partial charge in [0.05, 0.1) is 17.0 Å². The Bertz CT molecular complexity index is 879. The highest BCUT2D eigenvalue weighted by atomic mass is 32.2. The molecule has 2 N–H and O–H groups in total. The summed E-state index contributed by atoms with van der Waals surface area (Å²) >= 11 is 0. The van der Waals surface area contributed by atoms with Crippen LogP contribution in [-0.4, -0.2) is 36.8 Å². The first kappa shape index (κ1) is 19.9. The lowest BCUT2D eigenvalue weighted by molar-refractivity contribution is -0.115. The van der Waals surface area contributed by atoms with Gasteiger partial charge in [0.15, 0.2) is 0 Å². The zero-order chi connectivity index (χ0) is 19.3. The molecule has 8 heteroatoms. The fourth-order valence-electron chi connectivity index (χ4n) is 2.47. The van der Waals surface area contributed by atoms with E-state index in [0.717, 1.165) is 0 Å². The Morgan fingerprint density at radius 2 is 1.73 bits per heavy atom. The van der Waals surface area contributed by atoms with Crippen molar-refractivity contribution in [3.05, 3.63) is 53.8 Å². The highest BCUT2D eigenvalue weighted by Crippen LogP contribution is 2.28. The molecule has 0 aliphatic carbocycles. The first-order chi connectivity index (χ1) is 12.3. The van der Waals surface area contributed by atoms with Gasteiger partial charge >= 0.3 is 0 Å². The van der Waals surface area contributed by atoms with Crippen LogP contribution in [0.4, 0.5) is 10.1 Å². The lowest BCUT2D eigenvalue weighted by Crippen LogP contribution is -2.30. The minimum absolute atomic E-state index is 0.00495. The highest BCUT2D eigenvalue weighted by molar-refractivity contribution is 7.89. The van der Waals surface area contributed by atoms with E-state index in [4.69, 9.17) is 0 Å². The zero-order valence-corrected chi connectivity index (χ0v) is 15.4. The number of carbonyl (C=O) groups is 1. The first-order valence-corrected chi connectivity index (χ1v) is 9.59. The third kappa shape index (κ3) is 4.59. The van der Waals surface area contributed by atoms with Crippen LogP contribution in [0, 0.1) is 5.82 Å². The van der Waals surface area contributed by atoms with Crippen LogP contribution in [-0.2, 0) is 21.2 Å². The summed E-state index contributed by atoms with van der Waals surface area (Å²) in [5.41, 5.74) is 0.598. The third-order valence-corrected chi connectivity index (χ3v) is 5.91. The molecule has 140 valence electrons. The van der Waals surface area contributed by atoms with Gasteiger partial charge in [0, 0.05) is 13.1 Å². The summed E-state index contributed by atoms with van der Waals surface area (Å²) < 4.78 is 39.3. The van der Waals surface area contributed by atoms with Crippen LogP contribution in [0.2, 0.25) is 0 Å². The second-order valence-corrected chi connectivity index (χ2v) is 7.56. The predicted octanol–water partition coefficient (Wildman–Crippen LogP) is 2.74. The maximum Gasteiger partial charge on any atom is 0.243 e. The monoisotopic (exact) mass is 380 g/mol. The standard InChI is InChI=1S/C18H21FN2O4S/c1-3-21(4-2)26(24,25)15-9-10-17(22)16(12-15)20-18(23)11-13-5-7-14(19)8-6-13/h5-10,12,22H,3-4,11H2,1-2H3,(H,20,23). The summed E-state index contributed by atoms with van der Waals surface area (Å²) in [6.07, 6.45) is -0.0350. The molecule has 1 amide bonds. The second-order valence-electron chi connectivity index (χ2n) is 5.62. The number of halogens is 1. The summed E-state index contributed by atoms with van der Waals surface area (Å²) in [6.45, 7) is 4.08. The van der Waals surface area contributed by atoms with Gasteiger partial charge < -0.3 is 10.4 Å². The number of anilines is 1. The Hall–Kier alpha value is -2.45. The predicted molar refractivity (Wildman–Crippen MR) is 96.9 cm³/mol. The number of phenols is 1. The average Bonchev–Trinajstić information content (AvgIpc) is 2.59. The topological polar surface area (TPSA) is 86.7 Å². The maximum atomic E-state index is 12.9. The quantitative estimate of drug-likeness (QED) is 0.723. The fourth-order valence-corrected chi connectivity index (χ4v) is 3.96. The fraction of sp³-hybridized carbons (Fsp3) is 0.278. The van der Waals surface area contributed by atoms with Crippen molar-refractivity contribution in [2.75, 3.05) is 18.4 Å². The van der Waals surface area contributed by atoms with Crippen LogP contribution >= 0.6 is 0 Å². The lowest BCUT2D eigenvalue weighted by Gasteiger charge is -2.19. The number of hydrogen-bond acceptors (Lipinski definition) is 4. The zero-order valence-electron chi connectivity index (χ0n) is 14.6. The first-order valence-electron chi connectivity index (χ1n) is 8.15. The molecule has 0 saturated carbocycles. The van der Waals surface area contributed by atoms with Gasteiger partial charge in [-0.15, -0.1) is 0 Å². The van der Waals surface area contributed by atoms with E-state index in [2.05, 4.69) is 5.32 Å². The van der Waals surface area contributed by atoms with E-state index < -0.39 is 21.7 Å². The summed E-state index contributed by atoms with van der Waals surface area (Å²) in [6, 6.07) is 9.20. The molecule has 0 unspecified atom stereocenters. The van der Waals surface area contributed by atoms with Gasteiger partial charge in [-0.3, -0.25) is 4.79 Å². The van der Waals surface area contributed by atoms with Crippen LogP contribution in [0.5, 0.6) is 5.75 Å². The molecule has 2 aromatic rings. The van der Waals surface area contributed by atoms with Crippen LogP contribution in [0.3, 0.4) is 0 Å². The Morgan fingerprint density at radius 1 is 1.12 bits per heavy atom. The molecule has 0 saturated heterocycles. The number of amides is 1. The number of rotatable bonds is 7. The number of hydrogen-bond donors (Lipinski definition) is 2. The van der Waals surface area contributed by atoms with Crippen molar-refractivity contribution in [2.45, 2.75) is 25.2 Å². The summed E-state index contributed by atoms with van der Waals surface area (Å²) in [5.74, 6) is -1.10. The van der Waals surface area contributed by atoms with Gasteiger partial charge in [0.2, 0.25) is 15.9 Å². The number of aromatic hydroxyl groups is 1. The molecule has 0 radical (unpaired) electrons. The number of benzene rings is 2. The molecule has 6 nitrogen and oxygen atoms in total. The third-order valence-electron chi connectivity index (χ3n) is 3.86. The number of sulfonamides is 1. The van der Waals surface area contributed by atoms with Gasteiger partial charge in [0.1, 0.15) is 11.6 Å². The smallest absolute Gasteiger partial charge is 0.243 e. The average molecular weight is 380 g/mol. The minimum atomic E-state index is -3.71. The maximum absolute atomic E-state index is 12.9. The molecule has 0 aromatic heterocycles. The molecule has 26 heavy (non-hydrogen) atoms. The van der Waals surface area contributed by atoms with E-state index in [-0.39, 0.29) is 22.8 Å². The normalized spacial score (nSPS) is 11.5. The highest BCUT2D eigenvalue weighted by Gasteiger charge is 2.23. The Kier molecular flexibility index (Phi) is 6.33. The van der Waals surface area contributed by atoms with Crippen LogP contribution in [0.1, 0.15) is 19.4 Å². The van der Waals surface area contributed by atoms with E-state index in [1.165, 1.54) is 46.8 Å². The Morgan fingerprint density at radius 3 is 2.31 bits per heavy atom. The number of phenolic OH excluding ortho intramolecular Hbond substituents is 1. The number of nitrogens with one attached hydrogen (secondary N) is 1. The van der Waals surface area contributed by atoms with Crippen molar-refractivity contribution in [1.82, 2.24) is 4.31 Å². The molecule has 2 rings (SSSR count). The largest absolute Gasteiger partial charge is 0.506 e. The van der Waals surface area contributed by atoms with E-state index in [0.29, 0.717) is 18.7 Å². The van der Waals surface area contributed by atoms with Gasteiger partial charge in [-0.25, -0.2) is 12.8 Å². The molecule has 2 aromatic carbocycles.